The molecule has 2 nitrogen and oxygen atoms in total. The highest BCUT2D eigenvalue weighted by Crippen LogP contribution is 2.43. The summed E-state index contributed by atoms with van der Waals surface area (Å²) in [5, 5.41) is 0. The van der Waals surface area contributed by atoms with Gasteiger partial charge in [0.05, 0.1) is 6.26 Å². The molecule has 0 amide bonds. The highest BCUT2D eigenvalue weighted by Gasteiger charge is 2.41. The molecule has 0 radical (unpaired) electrons. The zero-order chi connectivity index (χ0) is 14.0. The van der Waals surface area contributed by atoms with E-state index in [1.165, 1.54) is 0 Å². The van der Waals surface area contributed by atoms with Gasteiger partial charge in [0.25, 0.3) is 0 Å². The predicted octanol–water partition coefficient (Wildman–Crippen LogP) is 3.82. The van der Waals surface area contributed by atoms with Gasteiger partial charge in [-0.3, -0.25) is 4.79 Å². The van der Waals surface area contributed by atoms with Crippen LogP contribution in [0.4, 0.5) is 0 Å². The Balaban J connectivity index is 2.09. The number of hydrogen-bond donors (Lipinski definition) is 0. The Labute approximate surface area is 118 Å². The predicted molar refractivity (Wildman–Crippen MR) is 78.1 cm³/mol. The molecule has 0 atom stereocenters. The van der Waals surface area contributed by atoms with E-state index in [0.717, 1.165) is 16.7 Å². The van der Waals surface area contributed by atoms with Crippen molar-refractivity contribution in [2.75, 3.05) is 0 Å². The fourth-order valence-electron chi connectivity index (χ4n) is 2.65. The average molecular weight is 264 g/mol. The van der Waals surface area contributed by atoms with Gasteiger partial charge in [0.1, 0.15) is 0 Å². The minimum absolute atomic E-state index is 0.0683. The first kappa shape index (κ1) is 12.7. The number of carbonyl (C=O) groups excluding carboxylic acids is 1. The van der Waals surface area contributed by atoms with Crippen LogP contribution in [-0.2, 0) is 15.1 Å². The van der Waals surface area contributed by atoms with Crippen LogP contribution in [0.2, 0.25) is 0 Å². The maximum absolute atomic E-state index is 11.6. The molecule has 0 aliphatic carbocycles. The lowest BCUT2D eigenvalue weighted by molar-refractivity contribution is -0.113. The summed E-state index contributed by atoms with van der Waals surface area (Å²) in [6, 6.07) is 20.1. The lowest BCUT2D eigenvalue weighted by atomic mass is 9.82. The van der Waals surface area contributed by atoms with Gasteiger partial charge in [-0.2, -0.15) is 0 Å². The molecular weight excluding hydrogens is 248 g/mol. The number of ether oxygens (including phenoxy) is 1. The summed E-state index contributed by atoms with van der Waals surface area (Å²) in [6.45, 7) is 1.58. The first-order valence-electron chi connectivity index (χ1n) is 6.71. The van der Waals surface area contributed by atoms with E-state index in [0.29, 0.717) is 6.42 Å². The third kappa shape index (κ3) is 2.03. The number of benzene rings is 2. The molecular formula is C18H16O2. The van der Waals surface area contributed by atoms with Crippen LogP contribution in [0.25, 0.3) is 0 Å². The van der Waals surface area contributed by atoms with Crippen molar-refractivity contribution in [3.05, 3.63) is 83.6 Å². The number of carbonyl (C=O) groups is 1. The molecule has 0 N–H and O–H groups in total. The van der Waals surface area contributed by atoms with Crippen molar-refractivity contribution >= 4 is 5.78 Å². The number of hydrogen-bond acceptors (Lipinski definition) is 2. The summed E-state index contributed by atoms with van der Waals surface area (Å²) in [5.41, 5.74) is 2.29. The van der Waals surface area contributed by atoms with E-state index < -0.39 is 5.60 Å². The van der Waals surface area contributed by atoms with Crippen LogP contribution in [0.1, 0.15) is 24.5 Å². The molecule has 0 spiro atoms. The third-order valence-electron chi connectivity index (χ3n) is 3.77. The maximum atomic E-state index is 11.6. The maximum Gasteiger partial charge on any atom is 0.162 e. The van der Waals surface area contributed by atoms with Gasteiger partial charge >= 0.3 is 0 Å². The quantitative estimate of drug-likeness (QED) is 0.842. The Hall–Kier alpha value is -2.35. The van der Waals surface area contributed by atoms with Gasteiger partial charge in [-0.15, -0.1) is 0 Å². The van der Waals surface area contributed by atoms with Gasteiger partial charge in [-0.1, -0.05) is 60.7 Å². The van der Waals surface area contributed by atoms with Crippen molar-refractivity contribution in [1.82, 2.24) is 0 Å². The lowest BCUT2D eigenvalue weighted by Gasteiger charge is -2.30. The molecule has 100 valence electrons. The van der Waals surface area contributed by atoms with Crippen molar-refractivity contribution in [2.45, 2.75) is 18.9 Å². The summed E-state index contributed by atoms with van der Waals surface area (Å²) in [4.78, 5) is 11.6. The molecule has 20 heavy (non-hydrogen) atoms. The molecule has 0 fully saturated rings. The number of rotatable bonds is 3. The summed E-state index contributed by atoms with van der Waals surface area (Å²) in [5.74, 6) is 0.0683. The highest BCUT2D eigenvalue weighted by atomic mass is 16.5. The topological polar surface area (TPSA) is 26.3 Å². The van der Waals surface area contributed by atoms with Crippen LogP contribution < -0.4 is 0 Å². The molecule has 2 aromatic carbocycles. The number of Topliss-reactive ketones (excluding diaryl/α,β-unsaturated/α-hetero) is 1. The van der Waals surface area contributed by atoms with Gasteiger partial charge in [0, 0.05) is 23.1 Å². The Morgan fingerprint density at radius 2 is 1.45 bits per heavy atom. The molecule has 0 saturated carbocycles. The van der Waals surface area contributed by atoms with Gasteiger partial charge in [0.15, 0.2) is 11.4 Å². The first-order chi connectivity index (χ1) is 9.72. The Morgan fingerprint density at radius 3 is 1.85 bits per heavy atom. The standard InChI is InChI=1S/C18H16O2/c1-14(19)15-12-18(20-13-15,16-8-4-2-5-9-16)17-10-6-3-7-11-17/h2-11,13H,12H2,1H3. The van der Waals surface area contributed by atoms with Crippen molar-refractivity contribution in [1.29, 1.82) is 0 Å². The number of ketones is 1. The summed E-state index contributed by atoms with van der Waals surface area (Å²) >= 11 is 0. The monoisotopic (exact) mass is 264 g/mol. The minimum Gasteiger partial charge on any atom is -0.485 e. The van der Waals surface area contributed by atoms with E-state index >= 15 is 0 Å². The molecule has 1 heterocycles. The zero-order valence-electron chi connectivity index (χ0n) is 11.4. The second-order valence-electron chi connectivity index (χ2n) is 5.05. The zero-order valence-corrected chi connectivity index (χ0v) is 11.4. The normalized spacial score (nSPS) is 16.4. The molecule has 0 saturated heterocycles. The van der Waals surface area contributed by atoms with Gasteiger partial charge in [-0.25, -0.2) is 0 Å². The average Bonchev–Trinajstić information content (AvgIpc) is 2.96. The van der Waals surface area contributed by atoms with Gasteiger partial charge in [-0.05, 0) is 6.92 Å². The van der Waals surface area contributed by atoms with Crippen LogP contribution in [0.3, 0.4) is 0 Å². The second kappa shape index (κ2) is 4.97. The highest BCUT2D eigenvalue weighted by molar-refractivity contribution is 5.93. The smallest absolute Gasteiger partial charge is 0.162 e. The molecule has 1 aliphatic heterocycles. The molecule has 1 aliphatic rings. The van der Waals surface area contributed by atoms with E-state index in [1.807, 2.05) is 60.7 Å². The van der Waals surface area contributed by atoms with E-state index in [-0.39, 0.29) is 5.78 Å². The van der Waals surface area contributed by atoms with Crippen molar-refractivity contribution in [2.24, 2.45) is 0 Å². The molecule has 2 aromatic rings. The van der Waals surface area contributed by atoms with E-state index in [9.17, 15) is 4.79 Å². The van der Waals surface area contributed by atoms with Gasteiger partial charge < -0.3 is 4.74 Å². The van der Waals surface area contributed by atoms with Crippen molar-refractivity contribution in [3.8, 4) is 0 Å². The summed E-state index contributed by atoms with van der Waals surface area (Å²) in [7, 11) is 0. The van der Waals surface area contributed by atoms with E-state index in [1.54, 1.807) is 13.2 Å². The van der Waals surface area contributed by atoms with Crippen LogP contribution in [0.5, 0.6) is 0 Å². The Bertz CT molecular complexity index is 602. The van der Waals surface area contributed by atoms with Crippen LogP contribution >= 0.6 is 0 Å². The van der Waals surface area contributed by atoms with E-state index in [4.69, 9.17) is 4.74 Å². The summed E-state index contributed by atoms with van der Waals surface area (Å²) in [6.07, 6.45) is 2.19. The fraction of sp³-hybridized carbons (Fsp3) is 0.167. The third-order valence-corrected chi connectivity index (χ3v) is 3.77. The van der Waals surface area contributed by atoms with Crippen molar-refractivity contribution < 1.29 is 9.53 Å². The SMILES string of the molecule is CC(=O)C1=COC(c2ccccc2)(c2ccccc2)C1. The van der Waals surface area contributed by atoms with Crippen LogP contribution in [0.15, 0.2) is 72.5 Å². The largest absolute Gasteiger partial charge is 0.485 e. The van der Waals surface area contributed by atoms with Gasteiger partial charge in [0.2, 0.25) is 0 Å². The van der Waals surface area contributed by atoms with Crippen LogP contribution in [-0.4, -0.2) is 5.78 Å². The molecule has 0 aromatic heterocycles. The Kier molecular flexibility index (Phi) is 3.15. The molecule has 0 bridgehead atoms. The molecule has 2 heteroatoms. The summed E-state index contributed by atoms with van der Waals surface area (Å²) < 4.78 is 6.00. The molecule has 3 rings (SSSR count). The van der Waals surface area contributed by atoms with Crippen LogP contribution in [0, 0.1) is 0 Å². The Morgan fingerprint density at radius 1 is 0.950 bits per heavy atom. The minimum atomic E-state index is -0.580. The lowest BCUT2D eigenvalue weighted by Crippen LogP contribution is -2.27. The second-order valence-corrected chi connectivity index (χ2v) is 5.05. The van der Waals surface area contributed by atoms with E-state index in [2.05, 4.69) is 0 Å². The molecule has 0 unspecified atom stereocenters. The fourth-order valence-corrected chi connectivity index (χ4v) is 2.65. The first-order valence-corrected chi connectivity index (χ1v) is 6.71. The van der Waals surface area contributed by atoms with Crippen molar-refractivity contribution in [3.63, 3.8) is 0 Å².